The van der Waals surface area contributed by atoms with E-state index in [-0.39, 0.29) is 5.84 Å². The van der Waals surface area contributed by atoms with Crippen molar-refractivity contribution in [3.63, 3.8) is 0 Å². The Hall–Kier alpha value is -2.31. The summed E-state index contributed by atoms with van der Waals surface area (Å²) >= 11 is 0. The number of nitrogens with one attached hydrogen (secondary N) is 1. The summed E-state index contributed by atoms with van der Waals surface area (Å²) in [4.78, 5) is 0. The fraction of sp³-hybridized carbons (Fsp3) is 0.167. The van der Waals surface area contributed by atoms with Crippen LogP contribution in [-0.2, 0) is 6.18 Å². The Morgan fingerprint density at radius 3 is 2.53 bits per heavy atom. The molecule has 0 saturated heterocycles. The monoisotopic (exact) mass is 268 g/mol. The smallest absolute Gasteiger partial charge is 0.384 e. The van der Waals surface area contributed by atoms with E-state index in [9.17, 15) is 13.2 Å². The van der Waals surface area contributed by atoms with Gasteiger partial charge >= 0.3 is 6.18 Å². The first-order valence-electron chi connectivity index (χ1n) is 5.38. The van der Waals surface area contributed by atoms with Gasteiger partial charge in [-0.2, -0.15) is 18.3 Å². The molecular weight excluding hydrogens is 257 g/mol. The largest absolute Gasteiger partial charge is 0.435 e. The van der Waals surface area contributed by atoms with Crippen molar-refractivity contribution in [2.24, 2.45) is 5.73 Å². The molecular formula is C12H11F3N4. The molecule has 3 N–H and O–H groups in total. The highest BCUT2D eigenvalue weighted by molar-refractivity contribution is 5.98. The number of amidine groups is 1. The number of nitrogens with two attached hydrogens (primary N) is 1. The van der Waals surface area contributed by atoms with Crippen LogP contribution in [0, 0.1) is 12.3 Å². The minimum absolute atomic E-state index is 0.220. The van der Waals surface area contributed by atoms with E-state index in [2.05, 4.69) is 5.10 Å². The van der Waals surface area contributed by atoms with E-state index < -0.39 is 11.9 Å². The number of benzene rings is 1. The van der Waals surface area contributed by atoms with Gasteiger partial charge in [0.2, 0.25) is 0 Å². The number of aryl methyl sites for hydroxylation is 1. The van der Waals surface area contributed by atoms with Gasteiger partial charge in [-0.05, 0) is 24.6 Å². The molecule has 2 rings (SSSR count). The van der Waals surface area contributed by atoms with Gasteiger partial charge in [0.25, 0.3) is 0 Å². The molecule has 1 heterocycles. The highest BCUT2D eigenvalue weighted by Gasteiger charge is 2.33. The molecule has 0 aliphatic carbocycles. The molecule has 0 amide bonds. The number of nitrogens with zero attached hydrogens (tertiary/aromatic N) is 2. The molecule has 1 aromatic heterocycles. The number of hydrogen-bond acceptors (Lipinski definition) is 2. The van der Waals surface area contributed by atoms with Crippen molar-refractivity contribution >= 4 is 5.84 Å². The highest BCUT2D eigenvalue weighted by atomic mass is 19.4. The van der Waals surface area contributed by atoms with Crippen LogP contribution >= 0.6 is 0 Å². The molecule has 0 aliphatic rings. The second-order valence-corrected chi connectivity index (χ2v) is 4.03. The van der Waals surface area contributed by atoms with Crippen molar-refractivity contribution in [3.05, 3.63) is 47.3 Å². The van der Waals surface area contributed by atoms with Crippen LogP contribution in [0.3, 0.4) is 0 Å². The maximum Gasteiger partial charge on any atom is 0.435 e. The summed E-state index contributed by atoms with van der Waals surface area (Å²) in [5, 5.41) is 11.0. The number of alkyl halides is 3. The van der Waals surface area contributed by atoms with Gasteiger partial charge in [0, 0.05) is 11.8 Å². The number of hydrogen-bond donors (Lipinski definition) is 2. The molecule has 1 aromatic carbocycles. The van der Waals surface area contributed by atoms with Crippen molar-refractivity contribution in [1.29, 1.82) is 5.41 Å². The van der Waals surface area contributed by atoms with Gasteiger partial charge in [0.05, 0.1) is 5.69 Å². The van der Waals surface area contributed by atoms with Crippen molar-refractivity contribution in [2.75, 3.05) is 0 Å². The molecule has 100 valence electrons. The number of aromatic nitrogens is 2. The van der Waals surface area contributed by atoms with E-state index in [4.69, 9.17) is 11.1 Å². The minimum Gasteiger partial charge on any atom is -0.384 e. The maximum atomic E-state index is 12.5. The molecule has 0 atom stereocenters. The first kappa shape index (κ1) is 13.1. The number of rotatable bonds is 2. The van der Waals surface area contributed by atoms with Crippen LogP contribution in [-0.4, -0.2) is 15.6 Å². The van der Waals surface area contributed by atoms with Crippen LogP contribution in [0.15, 0.2) is 30.5 Å². The molecule has 0 unspecified atom stereocenters. The first-order chi connectivity index (χ1) is 8.80. The quantitative estimate of drug-likeness (QED) is 0.649. The van der Waals surface area contributed by atoms with Gasteiger partial charge in [0.15, 0.2) is 5.69 Å². The predicted molar refractivity (Wildman–Crippen MR) is 64.3 cm³/mol. The zero-order valence-electron chi connectivity index (χ0n) is 9.99. The van der Waals surface area contributed by atoms with Crippen LogP contribution < -0.4 is 5.73 Å². The molecule has 0 radical (unpaired) electrons. The number of para-hydroxylation sites is 1. The number of halogens is 3. The van der Waals surface area contributed by atoms with Crippen molar-refractivity contribution in [2.45, 2.75) is 13.1 Å². The summed E-state index contributed by atoms with van der Waals surface area (Å²) in [7, 11) is 0. The van der Waals surface area contributed by atoms with E-state index in [1.165, 1.54) is 6.20 Å². The van der Waals surface area contributed by atoms with Crippen LogP contribution in [0.1, 0.15) is 16.8 Å². The van der Waals surface area contributed by atoms with E-state index in [0.29, 0.717) is 16.8 Å². The number of nitrogen functional groups attached to an aromatic ring is 1. The van der Waals surface area contributed by atoms with Gasteiger partial charge in [0.1, 0.15) is 5.84 Å². The lowest BCUT2D eigenvalue weighted by Crippen LogP contribution is -2.16. The third-order valence-electron chi connectivity index (χ3n) is 2.64. The van der Waals surface area contributed by atoms with Crippen LogP contribution in [0.4, 0.5) is 13.2 Å². The van der Waals surface area contributed by atoms with Crippen molar-refractivity contribution in [1.82, 2.24) is 9.78 Å². The molecule has 0 spiro atoms. The lowest BCUT2D eigenvalue weighted by molar-refractivity contribution is -0.141. The summed E-state index contributed by atoms with van der Waals surface area (Å²) < 4.78 is 38.7. The Bertz CT molecular complexity index is 628. The normalized spacial score (nSPS) is 11.6. The lowest BCUT2D eigenvalue weighted by Gasteiger charge is -2.11. The summed E-state index contributed by atoms with van der Waals surface area (Å²) in [6.07, 6.45) is -3.29. The fourth-order valence-corrected chi connectivity index (χ4v) is 1.78. The highest BCUT2D eigenvalue weighted by Crippen LogP contribution is 2.28. The Balaban J connectivity index is 2.59. The molecule has 0 saturated carbocycles. The van der Waals surface area contributed by atoms with E-state index in [0.717, 1.165) is 10.7 Å². The van der Waals surface area contributed by atoms with E-state index in [1.54, 1.807) is 25.1 Å². The van der Waals surface area contributed by atoms with Gasteiger partial charge in [-0.1, -0.05) is 12.1 Å². The molecule has 2 aromatic rings. The summed E-state index contributed by atoms with van der Waals surface area (Å²) in [5.74, 6) is -0.220. The minimum atomic E-state index is -4.50. The molecule has 19 heavy (non-hydrogen) atoms. The zero-order chi connectivity index (χ0) is 14.2. The average molecular weight is 268 g/mol. The Morgan fingerprint density at radius 2 is 2.00 bits per heavy atom. The van der Waals surface area contributed by atoms with Crippen molar-refractivity contribution < 1.29 is 13.2 Å². The maximum absolute atomic E-state index is 12.5. The van der Waals surface area contributed by atoms with Crippen LogP contribution in [0.25, 0.3) is 5.69 Å². The molecule has 0 bridgehead atoms. The Kier molecular flexibility index (Phi) is 3.05. The first-order valence-corrected chi connectivity index (χ1v) is 5.38. The Labute approximate surface area is 107 Å². The Morgan fingerprint density at radius 1 is 1.32 bits per heavy atom. The van der Waals surface area contributed by atoms with Crippen LogP contribution in [0.2, 0.25) is 0 Å². The fourth-order valence-electron chi connectivity index (χ4n) is 1.78. The van der Waals surface area contributed by atoms with Crippen LogP contribution in [0.5, 0.6) is 0 Å². The average Bonchev–Trinajstić information content (AvgIpc) is 2.77. The third-order valence-corrected chi connectivity index (χ3v) is 2.64. The van der Waals surface area contributed by atoms with Gasteiger partial charge < -0.3 is 5.73 Å². The SMILES string of the molecule is Cc1cccc(C(=N)N)c1-n1ccc(C(F)(F)F)n1. The van der Waals surface area contributed by atoms with E-state index in [1.807, 2.05) is 0 Å². The van der Waals surface area contributed by atoms with Crippen molar-refractivity contribution in [3.8, 4) is 5.69 Å². The standard InChI is InChI=1S/C12H11F3N4/c1-7-3-2-4-8(11(16)17)10(7)19-6-5-9(18-19)12(13,14)15/h2-6H,1H3,(H3,16,17). The topological polar surface area (TPSA) is 67.7 Å². The molecule has 4 nitrogen and oxygen atoms in total. The summed E-state index contributed by atoms with van der Waals surface area (Å²) in [6, 6.07) is 5.86. The zero-order valence-corrected chi connectivity index (χ0v) is 9.99. The lowest BCUT2D eigenvalue weighted by atomic mass is 10.1. The summed E-state index contributed by atoms with van der Waals surface area (Å²) in [6.45, 7) is 1.72. The summed E-state index contributed by atoms with van der Waals surface area (Å²) in [5.41, 5.74) is 5.86. The molecule has 0 fully saturated rings. The molecule has 0 aliphatic heterocycles. The predicted octanol–water partition coefficient (Wildman–Crippen LogP) is 2.48. The molecule has 7 heteroatoms. The third kappa shape index (κ3) is 2.44. The second-order valence-electron chi connectivity index (χ2n) is 4.03. The second kappa shape index (κ2) is 4.42. The van der Waals surface area contributed by atoms with Gasteiger partial charge in [-0.15, -0.1) is 0 Å². The van der Waals surface area contributed by atoms with E-state index >= 15 is 0 Å². The van der Waals surface area contributed by atoms with Gasteiger partial charge in [-0.3, -0.25) is 5.41 Å². The van der Waals surface area contributed by atoms with Gasteiger partial charge in [-0.25, -0.2) is 4.68 Å².